The lowest BCUT2D eigenvalue weighted by Gasteiger charge is -2.11. The van der Waals surface area contributed by atoms with Gasteiger partial charge in [-0.05, 0) is 35.7 Å². The number of phenols is 1. The number of nitrogens with zero attached hydrogens (tertiary/aromatic N) is 1. The van der Waals surface area contributed by atoms with Gasteiger partial charge in [0.2, 0.25) is 0 Å². The zero-order valence-electron chi connectivity index (χ0n) is 14.2. The summed E-state index contributed by atoms with van der Waals surface area (Å²) in [4.78, 5) is 9.18. The highest BCUT2D eigenvalue weighted by atomic mass is 32.2. The lowest BCUT2D eigenvalue weighted by molar-refractivity contribution is -0.384. The smallest absolute Gasteiger partial charge is 0.295 e. The Morgan fingerprint density at radius 3 is 2.17 bits per heavy atom. The number of aromatic hydroxyl groups is 1. The fourth-order valence-corrected chi connectivity index (χ4v) is 3.91. The van der Waals surface area contributed by atoms with E-state index in [9.17, 15) is 36.6 Å². The van der Waals surface area contributed by atoms with Crippen molar-refractivity contribution in [3.8, 4) is 5.75 Å². The predicted octanol–water partition coefficient (Wildman–Crippen LogP) is 2.69. The van der Waals surface area contributed by atoms with E-state index in [1.807, 2.05) is 0 Å². The predicted molar refractivity (Wildman–Crippen MR) is 102 cm³/mol. The molecule has 4 N–H and O–H groups in total. The Hall–Kier alpha value is -3.26. The number of hydrogen-bond donors (Lipinski definition) is 4. The van der Waals surface area contributed by atoms with Crippen LogP contribution in [0.5, 0.6) is 5.75 Å². The van der Waals surface area contributed by atoms with E-state index in [4.69, 9.17) is 4.55 Å². The van der Waals surface area contributed by atoms with Gasteiger partial charge in [0.05, 0.1) is 4.92 Å². The van der Waals surface area contributed by atoms with E-state index in [0.29, 0.717) is 6.07 Å². The maximum Gasteiger partial charge on any atom is 0.295 e. The van der Waals surface area contributed by atoms with E-state index in [0.717, 1.165) is 18.2 Å². The number of nitrogens with one attached hydrogen (secondary N) is 1. The minimum Gasteiger partial charge on any atom is -0.508 e. The molecule has 3 aromatic rings. The van der Waals surface area contributed by atoms with Crippen LogP contribution in [0.4, 0.5) is 17.1 Å². The molecule has 11 nitrogen and oxygen atoms in total. The van der Waals surface area contributed by atoms with E-state index in [-0.39, 0.29) is 27.9 Å². The Morgan fingerprint density at radius 1 is 0.897 bits per heavy atom. The van der Waals surface area contributed by atoms with Crippen molar-refractivity contribution in [2.75, 3.05) is 5.32 Å². The summed E-state index contributed by atoms with van der Waals surface area (Å²) < 4.78 is 64.0. The SMILES string of the molecule is O=[N+]([O-])c1cc(S(=O)(=O)O)ccc1Nc1ccc2cc(O)cc(S(=O)(=O)O)c2c1. The molecule has 0 bridgehead atoms. The molecular weight excluding hydrogens is 428 g/mol. The standard InChI is InChI=1S/C16H12N2O9S2/c19-11-5-9-1-2-10(6-13(9)16(7-11)29(25,26)27)17-14-4-3-12(28(22,23)24)8-15(14)18(20)21/h1-8,17,19H,(H,22,23,24)(H,25,26,27). The van der Waals surface area contributed by atoms with E-state index in [2.05, 4.69) is 5.32 Å². The van der Waals surface area contributed by atoms with Crippen LogP contribution in [0.2, 0.25) is 0 Å². The summed E-state index contributed by atoms with van der Waals surface area (Å²) in [6.45, 7) is 0. The van der Waals surface area contributed by atoms with Gasteiger partial charge in [0.15, 0.2) is 0 Å². The molecule has 0 aliphatic carbocycles. The maximum atomic E-state index is 11.6. The van der Waals surface area contributed by atoms with Crippen molar-refractivity contribution in [2.24, 2.45) is 0 Å². The van der Waals surface area contributed by atoms with Crippen molar-refractivity contribution in [1.82, 2.24) is 0 Å². The molecule has 0 aromatic heterocycles. The zero-order chi connectivity index (χ0) is 21.6. The maximum absolute atomic E-state index is 11.6. The van der Waals surface area contributed by atoms with E-state index < -0.39 is 40.6 Å². The van der Waals surface area contributed by atoms with Gasteiger partial charge < -0.3 is 10.4 Å². The van der Waals surface area contributed by atoms with Crippen LogP contribution in [0.1, 0.15) is 0 Å². The molecule has 29 heavy (non-hydrogen) atoms. The molecule has 3 rings (SSSR count). The second-order valence-corrected chi connectivity index (χ2v) is 8.70. The number of fused-ring (bicyclic) bond motifs is 1. The van der Waals surface area contributed by atoms with Crippen molar-refractivity contribution < 1.29 is 36.0 Å². The normalized spacial score (nSPS) is 12.1. The van der Waals surface area contributed by atoms with Crippen molar-refractivity contribution in [3.05, 3.63) is 58.6 Å². The van der Waals surface area contributed by atoms with Crippen LogP contribution < -0.4 is 5.32 Å². The molecule has 0 spiro atoms. The summed E-state index contributed by atoms with van der Waals surface area (Å²) in [5.41, 5.74) is -0.606. The highest BCUT2D eigenvalue weighted by Gasteiger charge is 2.21. The van der Waals surface area contributed by atoms with Crippen LogP contribution in [-0.2, 0) is 20.2 Å². The molecule has 13 heteroatoms. The highest BCUT2D eigenvalue weighted by molar-refractivity contribution is 7.86. The molecule has 0 fully saturated rings. The van der Waals surface area contributed by atoms with Crippen molar-refractivity contribution >= 4 is 48.1 Å². The number of anilines is 2. The van der Waals surface area contributed by atoms with Crippen molar-refractivity contribution in [2.45, 2.75) is 9.79 Å². The molecule has 0 atom stereocenters. The average Bonchev–Trinajstić information content (AvgIpc) is 2.59. The number of nitro benzene ring substituents is 1. The Morgan fingerprint density at radius 2 is 1.59 bits per heavy atom. The summed E-state index contributed by atoms with van der Waals surface area (Å²) in [5, 5.41) is 23.9. The van der Waals surface area contributed by atoms with Crippen molar-refractivity contribution in [3.63, 3.8) is 0 Å². The monoisotopic (exact) mass is 440 g/mol. The van der Waals surface area contributed by atoms with Gasteiger partial charge in [-0.1, -0.05) is 6.07 Å². The Labute approximate surface area is 163 Å². The Balaban J connectivity index is 2.14. The van der Waals surface area contributed by atoms with Gasteiger partial charge in [0.25, 0.3) is 25.9 Å². The number of benzene rings is 3. The largest absolute Gasteiger partial charge is 0.508 e. The van der Waals surface area contributed by atoms with Crippen LogP contribution in [-0.4, -0.2) is 36.0 Å². The van der Waals surface area contributed by atoms with Crippen LogP contribution in [0.3, 0.4) is 0 Å². The number of hydrogen-bond acceptors (Lipinski definition) is 8. The fraction of sp³-hybridized carbons (Fsp3) is 0. The minimum absolute atomic E-state index is 0.0347. The highest BCUT2D eigenvalue weighted by Crippen LogP contribution is 2.34. The summed E-state index contributed by atoms with van der Waals surface area (Å²) in [5.74, 6) is -0.387. The molecule has 0 unspecified atom stereocenters. The third-order valence-corrected chi connectivity index (χ3v) is 5.67. The molecular formula is C16H12N2O9S2. The van der Waals surface area contributed by atoms with E-state index >= 15 is 0 Å². The molecule has 3 aromatic carbocycles. The molecule has 0 aliphatic rings. The van der Waals surface area contributed by atoms with Gasteiger partial charge in [-0.2, -0.15) is 16.8 Å². The molecule has 0 aliphatic heterocycles. The minimum atomic E-state index is -4.68. The Bertz CT molecular complexity index is 1370. The van der Waals surface area contributed by atoms with Crippen LogP contribution in [0.15, 0.2) is 58.3 Å². The van der Waals surface area contributed by atoms with E-state index in [1.54, 1.807) is 0 Å². The van der Waals surface area contributed by atoms with Crippen LogP contribution in [0.25, 0.3) is 10.8 Å². The molecule has 0 saturated heterocycles. The first-order valence-electron chi connectivity index (χ1n) is 7.63. The van der Waals surface area contributed by atoms with Gasteiger partial charge in [0, 0.05) is 23.2 Å². The number of rotatable bonds is 5. The Kier molecular flexibility index (Phi) is 4.92. The van der Waals surface area contributed by atoms with Gasteiger partial charge in [0.1, 0.15) is 21.2 Å². The number of phenolic OH excluding ortho intramolecular Hbond substituents is 1. The topological polar surface area (TPSA) is 184 Å². The second-order valence-electron chi connectivity index (χ2n) is 5.89. The molecule has 0 amide bonds. The van der Waals surface area contributed by atoms with E-state index in [1.165, 1.54) is 24.3 Å². The summed E-state index contributed by atoms with van der Waals surface area (Å²) in [7, 11) is -9.33. The lowest BCUT2D eigenvalue weighted by atomic mass is 10.1. The van der Waals surface area contributed by atoms with Crippen molar-refractivity contribution in [1.29, 1.82) is 0 Å². The quantitative estimate of drug-likeness (QED) is 0.261. The van der Waals surface area contributed by atoms with Gasteiger partial charge >= 0.3 is 0 Å². The first kappa shape index (κ1) is 20.5. The lowest BCUT2D eigenvalue weighted by Crippen LogP contribution is -2.03. The molecule has 0 radical (unpaired) electrons. The summed E-state index contributed by atoms with van der Waals surface area (Å²) in [6, 6.07) is 8.90. The summed E-state index contributed by atoms with van der Waals surface area (Å²) in [6.07, 6.45) is 0. The third kappa shape index (κ3) is 4.27. The average molecular weight is 440 g/mol. The zero-order valence-corrected chi connectivity index (χ0v) is 15.8. The second kappa shape index (κ2) is 6.97. The fourth-order valence-electron chi connectivity index (χ4n) is 2.68. The van der Waals surface area contributed by atoms with Crippen LogP contribution >= 0.6 is 0 Å². The summed E-state index contributed by atoms with van der Waals surface area (Å²) >= 11 is 0. The first-order valence-corrected chi connectivity index (χ1v) is 10.5. The van der Waals surface area contributed by atoms with Gasteiger partial charge in [-0.25, -0.2) is 0 Å². The third-order valence-electron chi connectivity index (χ3n) is 3.92. The van der Waals surface area contributed by atoms with Crippen LogP contribution in [0, 0.1) is 10.1 Å². The molecule has 152 valence electrons. The first-order chi connectivity index (χ1) is 13.4. The number of nitro groups is 1. The molecule has 0 saturated carbocycles. The molecule has 0 heterocycles. The van der Waals surface area contributed by atoms with Gasteiger partial charge in [-0.3, -0.25) is 19.2 Å². The van der Waals surface area contributed by atoms with Gasteiger partial charge in [-0.15, -0.1) is 0 Å².